The molecule has 1 aromatic carbocycles. The first kappa shape index (κ1) is 23.8. The van der Waals surface area contributed by atoms with Gasteiger partial charge in [-0.3, -0.25) is 4.31 Å². The second kappa shape index (κ2) is 9.89. The van der Waals surface area contributed by atoms with Crippen molar-refractivity contribution in [3.63, 3.8) is 0 Å². The molecule has 0 fully saturated rings. The van der Waals surface area contributed by atoms with Crippen LogP contribution in [0.25, 0.3) is 11.9 Å². The van der Waals surface area contributed by atoms with Crippen molar-refractivity contribution >= 4 is 40.2 Å². The van der Waals surface area contributed by atoms with Crippen LogP contribution in [0.5, 0.6) is 5.88 Å². The first-order valence-electron chi connectivity index (χ1n) is 9.89. The highest BCUT2D eigenvalue weighted by molar-refractivity contribution is 7.83. The molecule has 0 radical (unpaired) electrons. The van der Waals surface area contributed by atoms with E-state index in [1.165, 1.54) is 41.1 Å². The van der Waals surface area contributed by atoms with Crippen molar-refractivity contribution < 1.29 is 22.1 Å². The number of ether oxygens (including phenoxy) is 1. The van der Waals surface area contributed by atoms with E-state index >= 15 is 0 Å². The molecule has 3 heterocycles. The van der Waals surface area contributed by atoms with E-state index in [2.05, 4.69) is 19.9 Å². The van der Waals surface area contributed by atoms with Gasteiger partial charge in [0.05, 0.1) is 24.2 Å². The molecule has 2 atom stereocenters. The lowest BCUT2D eigenvalue weighted by molar-refractivity contribution is 0.291. The Morgan fingerprint density at radius 3 is 2.79 bits per heavy atom. The van der Waals surface area contributed by atoms with Crippen LogP contribution in [0.2, 0.25) is 0 Å². The van der Waals surface area contributed by atoms with E-state index in [9.17, 15) is 17.4 Å². The van der Waals surface area contributed by atoms with Gasteiger partial charge in [-0.2, -0.15) is 0 Å². The molecule has 2 aromatic heterocycles. The number of nitrogens with two attached hydrogens (primary N) is 1. The summed E-state index contributed by atoms with van der Waals surface area (Å²) in [5.41, 5.74) is 6.34. The molecule has 34 heavy (non-hydrogen) atoms. The molecular weight excluding hydrogens is 489 g/mol. The summed E-state index contributed by atoms with van der Waals surface area (Å²) in [6, 6.07) is 1.11. The Morgan fingerprint density at radius 2 is 2.15 bits per heavy atom. The quantitative estimate of drug-likeness (QED) is 0.546. The molecular formula is C21H19F3N6O2S2. The summed E-state index contributed by atoms with van der Waals surface area (Å²) in [4.78, 5) is 16.3. The van der Waals surface area contributed by atoms with Crippen molar-refractivity contribution in [2.45, 2.75) is 19.6 Å². The van der Waals surface area contributed by atoms with Crippen LogP contribution in [0.3, 0.4) is 0 Å². The van der Waals surface area contributed by atoms with Crippen molar-refractivity contribution in [2.24, 2.45) is 10.7 Å². The topological polar surface area (TPSA) is 107 Å². The fourth-order valence-corrected chi connectivity index (χ4v) is 4.77. The Balaban J connectivity index is 1.53. The normalized spacial score (nSPS) is 18.7. The van der Waals surface area contributed by atoms with Gasteiger partial charge in [0.25, 0.3) is 0 Å². The third-order valence-corrected chi connectivity index (χ3v) is 7.17. The number of guanidine groups is 1. The van der Waals surface area contributed by atoms with E-state index in [1.54, 1.807) is 0 Å². The molecule has 0 aliphatic carbocycles. The lowest BCUT2D eigenvalue weighted by atomic mass is 10.0. The molecule has 178 valence electrons. The Hall–Kier alpha value is -3.32. The Bertz CT molecular complexity index is 1300. The fraction of sp³-hybridized carbons (Fsp3) is 0.238. The van der Waals surface area contributed by atoms with Crippen molar-refractivity contribution in [3.8, 4) is 5.88 Å². The summed E-state index contributed by atoms with van der Waals surface area (Å²) in [6.45, 7) is 2.08. The molecule has 8 nitrogen and oxygen atoms in total. The molecule has 13 heteroatoms. The number of aliphatic imine (C=N–C) groups is 1. The largest absolute Gasteiger partial charge is 0.469 e. The second-order valence-corrected chi connectivity index (χ2v) is 9.76. The SMILES string of the molecule is Cc1csc(COc2cnc(/C(F)=C/c3cc(F)c(F)c(C4CS(=O)N(C)C(N)=N4)c3)cn2)n1. The average molecular weight is 509 g/mol. The lowest BCUT2D eigenvalue weighted by Gasteiger charge is -2.26. The summed E-state index contributed by atoms with van der Waals surface area (Å²) in [7, 11) is -0.0772. The number of hydrogen-bond acceptors (Lipinski definition) is 8. The number of nitrogens with zero attached hydrogens (tertiary/aromatic N) is 5. The molecule has 0 amide bonds. The van der Waals surface area contributed by atoms with Crippen molar-refractivity contribution in [1.82, 2.24) is 19.3 Å². The molecule has 2 unspecified atom stereocenters. The van der Waals surface area contributed by atoms with Crippen LogP contribution in [-0.4, -0.2) is 42.2 Å². The van der Waals surface area contributed by atoms with Gasteiger partial charge in [-0.1, -0.05) is 0 Å². The zero-order valence-corrected chi connectivity index (χ0v) is 19.7. The summed E-state index contributed by atoms with van der Waals surface area (Å²) >= 11 is 1.45. The minimum Gasteiger partial charge on any atom is -0.469 e. The maximum atomic E-state index is 14.8. The molecule has 0 bridgehead atoms. The molecule has 1 aliphatic rings. The van der Waals surface area contributed by atoms with Crippen LogP contribution in [0, 0.1) is 18.6 Å². The predicted molar refractivity (Wildman–Crippen MR) is 124 cm³/mol. The van der Waals surface area contributed by atoms with Gasteiger partial charge < -0.3 is 10.5 Å². The number of aryl methyl sites for hydroxylation is 1. The van der Waals surface area contributed by atoms with Crippen molar-refractivity contribution in [2.75, 3.05) is 12.8 Å². The van der Waals surface area contributed by atoms with Crippen molar-refractivity contribution in [1.29, 1.82) is 0 Å². The summed E-state index contributed by atoms with van der Waals surface area (Å²) in [6.07, 6.45) is 3.42. The Labute approximate surface area is 199 Å². The first-order chi connectivity index (χ1) is 16.2. The monoisotopic (exact) mass is 508 g/mol. The van der Waals surface area contributed by atoms with E-state index < -0.39 is 34.5 Å². The van der Waals surface area contributed by atoms with Gasteiger partial charge in [0.15, 0.2) is 17.5 Å². The zero-order valence-electron chi connectivity index (χ0n) is 18.0. The van der Waals surface area contributed by atoms with Crippen LogP contribution in [-0.2, 0) is 17.6 Å². The molecule has 0 spiro atoms. The van der Waals surface area contributed by atoms with E-state index in [4.69, 9.17) is 10.5 Å². The summed E-state index contributed by atoms with van der Waals surface area (Å²) in [5, 5.41) is 2.66. The number of rotatable bonds is 6. The average Bonchev–Trinajstić information content (AvgIpc) is 3.23. The Kier molecular flexibility index (Phi) is 6.93. The lowest BCUT2D eigenvalue weighted by Crippen LogP contribution is -2.41. The molecule has 0 saturated carbocycles. The maximum absolute atomic E-state index is 14.8. The van der Waals surface area contributed by atoms with Gasteiger partial charge in [0.2, 0.25) is 11.8 Å². The smallest absolute Gasteiger partial charge is 0.232 e. The molecule has 3 aromatic rings. The van der Waals surface area contributed by atoms with Crippen molar-refractivity contribution in [3.05, 3.63) is 69.1 Å². The third kappa shape index (κ3) is 5.25. The number of benzene rings is 1. The van der Waals surface area contributed by atoms with Crippen LogP contribution >= 0.6 is 11.3 Å². The number of thiazole rings is 1. The zero-order chi connectivity index (χ0) is 24.4. The van der Waals surface area contributed by atoms with Crippen LogP contribution in [0.1, 0.15) is 33.6 Å². The number of halogens is 3. The molecule has 1 aliphatic heterocycles. The minimum atomic E-state index is -1.56. The third-order valence-electron chi connectivity index (χ3n) is 4.83. The van der Waals surface area contributed by atoms with Crippen LogP contribution in [0.4, 0.5) is 13.2 Å². The van der Waals surface area contributed by atoms with Gasteiger partial charge in [0, 0.05) is 23.7 Å². The highest BCUT2D eigenvalue weighted by Gasteiger charge is 2.28. The first-order valence-corrected chi connectivity index (χ1v) is 12.0. The van der Waals surface area contributed by atoms with Gasteiger partial charge in [-0.15, -0.1) is 11.3 Å². The predicted octanol–water partition coefficient (Wildman–Crippen LogP) is 3.53. The standard InChI is InChI=1S/C21H19F3N6O2S2/c1-11-9-33-19(28-11)8-32-18-7-26-16(6-27-18)14(22)4-12-3-13(20(24)15(23)5-12)17-10-34(31)30(2)21(25)29-17/h3-7,9,17H,8,10H2,1-2H3,(H2,25,29)/b14-4-. The number of aromatic nitrogens is 3. The maximum Gasteiger partial charge on any atom is 0.232 e. The number of hydrogen-bond donors (Lipinski definition) is 1. The summed E-state index contributed by atoms with van der Waals surface area (Å²) in [5.74, 6) is -3.13. The van der Waals surface area contributed by atoms with Crippen LogP contribution in [0.15, 0.2) is 34.9 Å². The van der Waals surface area contributed by atoms with Gasteiger partial charge in [0.1, 0.15) is 28.3 Å². The highest BCUT2D eigenvalue weighted by atomic mass is 32.2. The van der Waals surface area contributed by atoms with E-state index in [0.29, 0.717) is 0 Å². The second-order valence-electron chi connectivity index (χ2n) is 7.30. The van der Waals surface area contributed by atoms with Gasteiger partial charge in [-0.25, -0.2) is 37.3 Å². The van der Waals surface area contributed by atoms with Gasteiger partial charge in [-0.05, 0) is 30.7 Å². The van der Waals surface area contributed by atoms with Crippen LogP contribution < -0.4 is 10.5 Å². The van der Waals surface area contributed by atoms with E-state index in [0.717, 1.165) is 22.8 Å². The molecule has 4 rings (SSSR count). The summed E-state index contributed by atoms with van der Waals surface area (Å²) < 4.78 is 62.4. The minimum absolute atomic E-state index is 0.0335. The Morgan fingerprint density at radius 1 is 1.35 bits per heavy atom. The molecule has 0 saturated heterocycles. The fourth-order valence-electron chi connectivity index (χ4n) is 3.09. The molecule has 2 N–H and O–H groups in total. The highest BCUT2D eigenvalue weighted by Crippen LogP contribution is 2.29. The van der Waals surface area contributed by atoms with E-state index in [-0.39, 0.29) is 41.0 Å². The van der Waals surface area contributed by atoms with E-state index in [1.807, 2.05) is 12.3 Å². The van der Waals surface area contributed by atoms with Gasteiger partial charge >= 0.3 is 0 Å².